The lowest BCUT2D eigenvalue weighted by Gasteiger charge is -2.21. The highest BCUT2D eigenvalue weighted by molar-refractivity contribution is 5.10. The zero-order valence-corrected chi connectivity index (χ0v) is 11.7. The number of nitrogens with one attached hydrogen (secondary N) is 1. The van der Waals surface area contributed by atoms with Crippen molar-refractivity contribution in [3.63, 3.8) is 0 Å². The van der Waals surface area contributed by atoms with E-state index in [9.17, 15) is 0 Å². The Bertz CT molecular complexity index is 319. The summed E-state index contributed by atoms with van der Waals surface area (Å²) in [5.41, 5.74) is 2.50. The third-order valence-electron chi connectivity index (χ3n) is 2.99. The molecule has 0 unspecified atom stereocenters. The van der Waals surface area contributed by atoms with Gasteiger partial charge in [-0.05, 0) is 32.5 Å². The predicted molar refractivity (Wildman–Crippen MR) is 72.1 cm³/mol. The van der Waals surface area contributed by atoms with Crippen LogP contribution in [0.5, 0.6) is 0 Å². The molecule has 0 amide bonds. The Morgan fingerprint density at radius 3 is 2.65 bits per heavy atom. The largest absolute Gasteiger partial charge is 0.318 e. The lowest BCUT2D eigenvalue weighted by Crippen LogP contribution is -2.31. The molecule has 1 rings (SSSR count). The second-order valence-electron chi connectivity index (χ2n) is 4.48. The first-order chi connectivity index (χ1) is 8.21. The minimum atomic E-state index is 0.999. The molecule has 1 heterocycles. The van der Waals surface area contributed by atoms with Gasteiger partial charge in [0.25, 0.3) is 0 Å². The van der Waals surface area contributed by atoms with Crippen molar-refractivity contribution >= 4 is 0 Å². The van der Waals surface area contributed by atoms with E-state index in [0.717, 1.165) is 32.6 Å². The van der Waals surface area contributed by atoms with Crippen LogP contribution < -0.4 is 5.32 Å². The first-order valence-corrected chi connectivity index (χ1v) is 6.60. The number of likely N-dealkylation sites (N-methyl/N-ethyl adjacent to an activating group) is 1. The molecule has 1 aromatic rings. The molecule has 0 fully saturated rings. The Balaban J connectivity index is 2.60. The van der Waals surface area contributed by atoms with Crippen molar-refractivity contribution < 1.29 is 0 Å². The Labute approximate surface area is 105 Å². The summed E-state index contributed by atoms with van der Waals surface area (Å²) < 4.78 is 2.01. The van der Waals surface area contributed by atoms with Crippen molar-refractivity contribution in [2.45, 2.75) is 33.2 Å². The van der Waals surface area contributed by atoms with Crippen molar-refractivity contribution in [3.05, 3.63) is 17.5 Å². The van der Waals surface area contributed by atoms with Gasteiger partial charge in [-0.1, -0.05) is 13.8 Å². The molecule has 0 aromatic carbocycles. The Hall–Kier alpha value is -0.870. The molecule has 0 bridgehead atoms. The minimum Gasteiger partial charge on any atom is -0.318 e. The molecule has 0 radical (unpaired) electrons. The molecule has 4 nitrogen and oxygen atoms in total. The fourth-order valence-electron chi connectivity index (χ4n) is 1.98. The van der Waals surface area contributed by atoms with Crippen LogP contribution in [0, 0.1) is 0 Å². The van der Waals surface area contributed by atoms with E-state index in [1.54, 1.807) is 0 Å². The van der Waals surface area contributed by atoms with Gasteiger partial charge in [0, 0.05) is 26.7 Å². The average Bonchev–Trinajstić information content (AvgIpc) is 2.67. The van der Waals surface area contributed by atoms with E-state index in [4.69, 9.17) is 0 Å². The standard InChI is InChI=1S/C13H26N4/c1-5-8-17(9-7-14-3)11-13-10-12(6-2)15-16(13)4/h10,14H,5-9,11H2,1-4H3. The number of aryl methyl sites for hydroxylation is 2. The van der Waals surface area contributed by atoms with Gasteiger partial charge in [-0.25, -0.2) is 0 Å². The molecule has 0 aliphatic heterocycles. The van der Waals surface area contributed by atoms with Crippen molar-refractivity contribution in [1.29, 1.82) is 0 Å². The monoisotopic (exact) mass is 238 g/mol. The van der Waals surface area contributed by atoms with Crippen LogP contribution in [0.2, 0.25) is 0 Å². The maximum absolute atomic E-state index is 4.50. The Kier molecular flexibility index (Phi) is 6.22. The molecule has 1 aromatic heterocycles. The summed E-state index contributed by atoms with van der Waals surface area (Å²) in [7, 11) is 4.04. The number of aromatic nitrogens is 2. The lowest BCUT2D eigenvalue weighted by atomic mass is 10.3. The molecule has 0 saturated heterocycles. The number of rotatable bonds is 8. The highest BCUT2D eigenvalue weighted by atomic mass is 15.3. The zero-order valence-electron chi connectivity index (χ0n) is 11.7. The molecule has 0 saturated carbocycles. The number of hydrogen-bond donors (Lipinski definition) is 1. The van der Waals surface area contributed by atoms with Gasteiger partial charge in [0.2, 0.25) is 0 Å². The molecule has 98 valence electrons. The van der Waals surface area contributed by atoms with Crippen LogP contribution in [0.25, 0.3) is 0 Å². The first kappa shape index (κ1) is 14.2. The SMILES string of the molecule is CCCN(CCNC)Cc1cc(CC)nn1C. The normalized spacial score (nSPS) is 11.4. The molecule has 0 aliphatic rings. The summed E-state index contributed by atoms with van der Waals surface area (Å²) in [6.07, 6.45) is 2.21. The van der Waals surface area contributed by atoms with Gasteiger partial charge in [0.15, 0.2) is 0 Å². The fraction of sp³-hybridized carbons (Fsp3) is 0.769. The summed E-state index contributed by atoms with van der Waals surface area (Å²) in [5.74, 6) is 0. The van der Waals surface area contributed by atoms with Gasteiger partial charge in [0.1, 0.15) is 0 Å². The summed E-state index contributed by atoms with van der Waals surface area (Å²) in [6.45, 7) is 8.66. The van der Waals surface area contributed by atoms with E-state index >= 15 is 0 Å². The molecule has 0 spiro atoms. The van der Waals surface area contributed by atoms with E-state index in [-0.39, 0.29) is 0 Å². The molecular weight excluding hydrogens is 212 g/mol. The number of nitrogens with zero attached hydrogens (tertiary/aromatic N) is 3. The summed E-state index contributed by atoms with van der Waals surface area (Å²) >= 11 is 0. The van der Waals surface area contributed by atoms with Crippen LogP contribution in [-0.2, 0) is 20.0 Å². The Morgan fingerprint density at radius 2 is 2.12 bits per heavy atom. The highest BCUT2D eigenvalue weighted by Crippen LogP contribution is 2.07. The van der Waals surface area contributed by atoms with Gasteiger partial charge >= 0.3 is 0 Å². The smallest absolute Gasteiger partial charge is 0.0625 e. The van der Waals surface area contributed by atoms with Crippen LogP contribution in [0.3, 0.4) is 0 Å². The maximum Gasteiger partial charge on any atom is 0.0625 e. The average molecular weight is 238 g/mol. The second-order valence-corrected chi connectivity index (χ2v) is 4.48. The topological polar surface area (TPSA) is 33.1 Å². The van der Waals surface area contributed by atoms with Crippen molar-refractivity contribution in [2.24, 2.45) is 7.05 Å². The second kappa shape index (κ2) is 7.45. The van der Waals surface area contributed by atoms with Gasteiger partial charge < -0.3 is 5.32 Å². The molecule has 17 heavy (non-hydrogen) atoms. The third-order valence-corrected chi connectivity index (χ3v) is 2.99. The van der Waals surface area contributed by atoms with Crippen LogP contribution in [-0.4, -0.2) is 41.4 Å². The minimum absolute atomic E-state index is 0.999. The lowest BCUT2D eigenvalue weighted by molar-refractivity contribution is 0.261. The quantitative estimate of drug-likeness (QED) is 0.743. The fourth-order valence-corrected chi connectivity index (χ4v) is 1.98. The van der Waals surface area contributed by atoms with Gasteiger partial charge in [-0.3, -0.25) is 9.58 Å². The van der Waals surface area contributed by atoms with Crippen molar-refractivity contribution in [1.82, 2.24) is 20.0 Å². The molecular formula is C13H26N4. The van der Waals surface area contributed by atoms with Crippen LogP contribution >= 0.6 is 0 Å². The van der Waals surface area contributed by atoms with E-state index in [1.165, 1.54) is 17.8 Å². The molecule has 0 atom stereocenters. The van der Waals surface area contributed by atoms with Gasteiger partial charge in [-0.2, -0.15) is 5.10 Å². The van der Waals surface area contributed by atoms with Crippen LogP contribution in [0.1, 0.15) is 31.7 Å². The van der Waals surface area contributed by atoms with E-state index in [0.29, 0.717) is 0 Å². The molecule has 4 heteroatoms. The summed E-state index contributed by atoms with van der Waals surface area (Å²) in [5, 5.41) is 7.71. The van der Waals surface area contributed by atoms with Crippen LogP contribution in [0.15, 0.2) is 6.07 Å². The maximum atomic E-state index is 4.50. The van der Waals surface area contributed by atoms with Crippen LogP contribution in [0.4, 0.5) is 0 Å². The van der Waals surface area contributed by atoms with Crippen molar-refractivity contribution in [2.75, 3.05) is 26.7 Å². The van der Waals surface area contributed by atoms with Crippen molar-refractivity contribution in [3.8, 4) is 0 Å². The van der Waals surface area contributed by atoms with E-state index < -0.39 is 0 Å². The van der Waals surface area contributed by atoms with E-state index in [1.807, 2.05) is 18.8 Å². The number of hydrogen-bond acceptors (Lipinski definition) is 3. The summed E-state index contributed by atoms with van der Waals surface area (Å²) in [6, 6.07) is 2.22. The molecule has 1 N–H and O–H groups in total. The van der Waals surface area contributed by atoms with E-state index in [2.05, 4.69) is 35.2 Å². The zero-order chi connectivity index (χ0) is 12.7. The first-order valence-electron chi connectivity index (χ1n) is 6.60. The Morgan fingerprint density at radius 1 is 1.35 bits per heavy atom. The molecule has 0 aliphatic carbocycles. The van der Waals surface area contributed by atoms with Gasteiger partial charge in [-0.15, -0.1) is 0 Å². The third kappa shape index (κ3) is 4.48. The predicted octanol–water partition coefficient (Wildman–Crippen LogP) is 1.41. The van der Waals surface area contributed by atoms with Gasteiger partial charge in [0.05, 0.1) is 11.4 Å². The highest BCUT2D eigenvalue weighted by Gasteiger charge is 2.09. The summed E-state index contributed by atoms with van der Waals surface area (Å²) in [4.78, 5) is 2.48.